The van der Waals surface area contributed by atoms with Crippen LogP contribution in [0.4, 0.5) is 13.2 Å². The van der Waals surface area contributed by atoms with Gasteiger partial charge in [-0.25, -0.2) is 13.1 Å². The zero-order valence-electron chi connectivity index (χ0n) is 14.1. The molecule has 0 saturated carbocycles. The Labute approximate surface area is 143 Å². The van der Waals surface area contributed by atoms with E-state index in [1.165, 1.54) is 22.5 Å². The van der Waals surface area contributed by atoms with Crippen LogP contribution >= 0.6 is 0 Å². The van der Waals surface area contributed by atoms with E-state index in [1.807, 2.05) is 6.92 Å². The summed E-state index contributed by atoms with van der Waals surface area (Å²) in [6, 6.07) is 0.965. The molecule has 11 heteroatoms. The lowest BCUT2D eigenvalue weighted by Gasteiger charge is -2.07. The van der Waals surface area contributed by atoms with Crippen LogP contribution < -0.4 is 4.72 Å². The molecule has 0 unspecified atom stereocenters. The fourth-order valence-electron chi connectivity index (χ4n) is 2.31. The van der Waals surface area contributed by atoms with E-state index in [-0.39, 0.29) is 18.0 Å². The first kappa shape index (κ1) is 19.4. The standard InChI is InChI=1S/C14H20F3N5O2S/c1-4-21-9-12(11(3)19-21)25(23,24)18-6-5-7-22-10(2)8-13(20-22)14(15,16)17/h8-9,18H,4-7H2,1-3H3. The van der Waals surface area contributed by atoms with E-state index in [2.05, 4.69) is 14.9 Å². The average molecular weight is 379 g/mol. The van der Waals surface area contributed by atoms with Gasteiger partial charge in [0.05, 0.1) is 5.69 Å². The molecule has 7 nitrogen and oxygen atoms in total. The van der Waals surface area contributed by atoms with Crippen LogP contribution in [-0.4, -0.2) is 34.5 Å². The number of hydrogen-bond acceptors (Lipinski definition) is 4. The molecule has 0 atom stereocenters. The lowest BCUT2D eigenvalue weighted by Crippen LogP contribution is -2.26. The molecule has 0 aliphatic rings. The minimum absolute atomic E-state index is 0.0831. The Morgan fingerprint density at radius 2 is 1.92 bits per heavy atom. The first-order valence-electron chi connectivity index (χ1n) is 7.70. The highest BCUT2D eigenvalue weighted by Crippen LogP contribution is 2.28. The molecular weight excluding hydrogens is 359 g/mol. The van der Waals surface area contributed by atoms with Crippen LogP contribution in [-0.2, 0) is 29.3 Å². The maximum atomic E-state index is 12.6. The summed E-state index contributed by atoms with van der Waals surface area (Å²) in [6.07, 6.45) is -2.74. The predicted octanol–water partition coefficient (Wildman–Crippen LogP) is 2.10. The number of sulfonamides is 1. The molecule has 0 amide bonds. The van der Waals surface area contributed by atoms with Gasteiger partial charge in [-0.15, -0.1) is 0 Å². The number of alkyl halides is 3. The van der Waals surface area contributed by atoms with Crippen molar-refractivity contribution in [3.05, 3.63) is 29.3 Å². The van der Waals surface area contributed by atoms with E-state index < -0.39 is 21.9 Å². The number of nitrogens with one attached hydrogen (secondary N) is 1. The molecule has 0 saturated heterocycles. The molecule has 2 aromatic heterocycles. The summed E-state index contributed by atoms with van der Waals surface area (Å²) < 4.78 is 67.5. The van der Waals surface area contributed by atoms with Crippen LogP contribution in [0.25, 0.3) is 0 Å². The Morgan fingerprint density at radius 1 is 1.24 bits per heavy atom. The molecule has 0 aliphatic carbocycles. The Hall–Kier alpha value is -1.88. The first-order chi connectivity index (χ1) is 11.5. The maximum Gasteiger partial charge on any atom is 0.435 e. The highest BCUT2D eigenvalue weighted by atomic mass is 32.2. The van der Waals surface area contributed by atoms with Crippen LogP contribution in [0.1, 0.15) is 30.4 Å². The molecule has 0 fully saturated rings. The van der Waals surface area contributed by atoms with Gasteiger partial charge in [0.15, 0.2) is 5.69 Å². The fourth-order valence-corrected chi connectivity index (χ4v) is 3.57. The molecule has 0 radical (unpaired) electrons. The van der Waals surface area contributed by atoms with Gasteiger partial charge in [0, 0.05) is 31.5 Å². The Bertz CT molecular complexity index is 839. The van der Waals surface area contributed by atoms with Crippen LogP contribution in [0.5, 0.6) is 0 Å². The predicted molar refractivity (Wildman–Crippen MR) is 84.4 cm³/mol. The van der Waals surface area contributed by atoms with E-state index >= 15 is 0 Å². The van der Waals surface area contributed by atoms with Crippen molar-refractivity contribution in [3.63, 3.8) is 0 Å². The maximum absolute atomic E-state index is 12.6. The molecular formula is C14H20F3N5O2S. The van der Waals surface area contributed by atoms with Crippen LogP contribution in [0.3, 0.4) is 0 Å². The molecule has 0 spiro atoms. The Morgan fingerprint density at radius 3 is 2.44 bits per heavy atom. The second-order valence-corrected chi connectivity index (χ2v) is 7.31. The van der Waals surface area contributed by atoms with Crippen LogP contribution in [0, 0.1) is 13.8 Å². The molecule has 0 bridgehead atoms. The number of aryl methyl sites for hydroxylation is 4. The average Bonchev–Trinajstić information content (AvgIpc) is 3.07. The molecule has 0 aliphatic heterocycles. The third-order valence-corrected chi connectivity index (χ3v) is 5.19. The summed E-state index contributed by atoms with van der Waals surface area (Å²) >= 11 is 0. The van der Waals surface area contributed by atoms with Gasteiger partial charge in [0.25, 0.3) is 0 Å². The summed E-state index contributed by atoms with van der Waals surface area (Å²) in [5.41, 5.74) is -0.185. The number of nitrogens with zero attached hydrogens (tertiary/aromatic N) is 4. The smallest absolute Gasteiger partial charge is 0.271 e. The fraction of sp³-hybridized carbons (Fsp3) is 0.571. The Kier molecular flexibility index (Phi) is 5.57. The van der Waals surface area contributed by atoms with Gasteiger partial charge in [-0.1, -0.05) is 0 Å². The lowest BCUT2D eigenvalue weighted by molar-refractivity contribution is -0.141. The molecule has 2 rings (SSSR count). The van der Waals surface area contributed by atoms with Crippen molar-refractivity contribution in [2.24, 2.45) is 0 Å². The third-order valence-electron chi connectivity index (χ3n) is 3.63. The topological polar surface area (TPSA) is 81.8 Å². The summed E-state index contributed by atoms with van der Waals surface area (Å²) in [5.74, 6) is 0. The highest BCUT2D eigenvalue weighted by molar-refractivity contribution is 7.89. The SMILES string of the molecule is CCn1cc(S(=O)(=O)NCCCn2nc(C(F)(F)F)cc2C)c(C)n1. The largest absolute Gasteiger partial charge is 0.435 e. The molecule has 140 valence electrons. The van der Waals surface area contributed by atoms with E-state index in [1.54, 1.807) is 6.92 Å². The number of halogens is 3. The van der Waals surface area contributed by atoms with Crippen LogP contribution in [0.2, 0.25) is 0 Å². The van der Waals surface area contributed by atoms with Gasteiger partial charge in [-0.05, 0) is 33.3 Å². The minimum Gasteiger partial charge on any atom is -0.271 e. The first-order valence-corrected chi connectivity index (χ1v) is 9.18. The van der Waals surface area contributed by atoms with E-state index in [0.29, 0.717) is 24.4 Å². The van der Waals surface area contributed by atoms with Crippen molar-refractivity contribution >= 4 is 10.0 Å². The van der Waals surface area contributed by atoms with Gasteiger partial charge in [0.2, 0.25) is 10.0 Å². The van der Waals surface area contributed by atoms with Gasteiger partial charge in [-0.2, -0.15) is 23.4 Å². The van der Waals surface area contributed by atoms with E-state index in [9.17, 15) is 21.6 Å². The van der Waals surface area contributed by atoms with Crippen molar-refractivity contribution in [1.29, 1.82) is 0 Å². The number of aromatic nitrogens is 4. The summed E-state index contributed by atoms with van der Waals surface area (Å²) in [5, 5.41) is 7.59. The normalized spacial score (nSPS) is 12.7. The van der Waals surface area contributed by atoms with Gasteiger partial charge < -0.3 is 0 Å². The minimum atomic E-state index is -4.49. The number of rotatable bonds is 7. The summed E-state index contributed by atoms with van der Waals surface area (Å²) in [7, 11) is -3.71. The van der Waals surface area contributed by atoms with Crippen molar-refractivity contribution in [2.45, 2.75) is 51.4 Å². The second-order valence-electron chi connectivity index (χ2n) is 5.58. The molecule has 25 heavy (non-hydrogen) atoms. The lowest BCUT2D eigenvalue weighted by atomic mass is 10.3. The zero-order chi connectivity index (χ0) is 18.8. The molecule has 0 aromatic carbocycles. The third kappa shape index (κ3) is 4.60. The van der Waals surface area contributed by atoms with Crippen molar-refractivity contribution in [1.82, 2.24) is 24.3 Å². The van der Waals surface area contributed by atoms with Crippen molar-refractivity contribution < 1.29 is 21.6 Å². The number of hydrogen-bond donors (Lipinski definition) is 1. The van der Waals surface area contributed by atoms with E-state index in [4.69, 9.17) is 0 Å². The second kappa shape index (κ2) is 7.16. The van der Waals surface area contributed by atoms with Crippen molar-refractivity contribution in [3.8, 4) is 0 Å². The monoisotopic (exact) mass is 379 g/mol. The van der Waals surface area contributed by atoms with Gasteiger partial charge in [-0.3, -0.25) is 9.36 Å². The zero-order valence-corrected chi connectivity index (χ0v) is 14.9. The van der Waals surface area contributed by atoms with Crippen LogP contribution in [0.15, 0.2) is 17.2 Å². The summed E-state index contributed by atoms with van der Waals surface area (Å²) in [4.78, 5) is 0.101. The highest BCUT2D eigenvalue weighted by Gasteiger charge is 2.34. The molecule has 2 aromatic rings. The van der Waals surface area contributed by atoms with E-state index in [0.717, 1.165) is 6.07 Å². The quantitative estimate of drug-likeness (QED) is 0.747. The van der Waals surface area contributed by atoms with Gasteiger partial charge in [0.1, 0.15) is 4.90 Å². The molecule has 2 heterocycles. The Balaban J connectivity index is 1.94. The summed E-state index contributed by atoms with van der Waals surface area (Å²) in [6.45, 7) is 5.78. The van der Waals surface area contributed by atoms with Crippen molar-refractivity contribution in [2.75, 3.05) is 6.54 Å². The van der Waals surface area contributed by atoms with Gasteiger partial charge >= 0.3 is 6.18 Å². The molecule has 1 N–H and O–H groups in total.